The Kier molecular flexibility index (Phi) is 5.61. The molecule has 0 aliphatic heterocycles. The second-order valence-electron chi connectivity index (χ2n) is 5.27. The zero-order valence-corrected chi connectivity index (χ0v) is 13.5. The van der Waals surface area contributed by atoms with E-state index in [2.05, 4.69) is 21.2 Å². The van der Waals surface area contributed by atoms with Crippen LogP contribution in [0.2, 0.25) is 0 Å². The molecule has 3 atom stereocenters. The Morgan fingerprint density at radius 3 is 2.81 bits per heavy atom. The van der Waals surface area contributed by atoms with Gasteiger partial charge in [0.2, 0.25) is 0 Å². The number of aliphatic hydroxyl groups excluding tert-OH is 1. The van der Waals surface area contributed by atoms with Crippen LogP contribution in [0.4, 0.5) is 0 Å². The van der Waals surface area contributed by atoms with Gasteiger partial charge in [-0.15, -0.1) is 0 Å². The molecular formula is C15H20BrNO4. The summed E-state index contributed by atoms with van der Waals surface area (Å²) in [5.74, 6) is -0.490. The van der Waals surface area contributed by atoms with E-state index in [0.29, 0.717) is 10.9 Å². The maximum Gasteiger partial charge on any atom is 0.255 e. The second kappa shape index (κ2) is 7.24. The summed E-state index contributed by atoms with van der Waals surface area (Å²) in [6.45, 7) is 0. The molecule has 0 saturated heterocycles. The highest BCUT2D eigenvalue weighted by atomic mass is 79.9. The van der Waals surface area contributed by atoms with E-state index in [-0.39, 0.29) is 23.5 Å². The molecule has 21 heavy (non-hydrogen) atoms. The van der Waals surface area contributed by atoms with Crippen molar-refractivity contribution in [3.63, 3.8) is 0 Å². The number of carbonyl (C=O) groups is 1. The molecule has 116 valence electrons. The molecule has 0 spiro atoms. The Morgan fingerprint density at radius 2 is 2.10 bits per heavy atom. The molecule has 1 aliphatic rings. The summed E-state index contributed by atoms with van der Waals surface area (Å²) in [5, 5.41) is 23.0. The van der Waals surface area contributed by atoms with Gasteiger partial charge in [-0.05, 0) is 40.9 Å². The van der Waals surface area contributed by atoms with Gasteiger partial charge in [0, 0.05) is 7.11 Å². The van der Waals surface area contributed by atoms with Gasteiger partial charge in [0.05, 0.1) is 22.2 Å². The van der Waals surface area contributed by atoms with Gasteiger partial charge in [-0.3, -0.25) is 4.79 Å². The van der Waals surface area contributed by atoms with Gasteiger partial charge in [-0.25, -0.2) is 0 Å². The fraction of sp³-hybridized carbons (Fsp3) is 0.533. The Balaban J connectivity index is 2.12. The quantitative estimate of drug-likeness (QED) is 0.724. The zero-order chi connectivity index (χ0) is 15.4. The van der Waals surface area contributed by atoms with Crippen LogP contribution in [-0.4, -0.2) is 41.5 Å². The monoisotopic (exact) mass is 357 g/mol. The Labute approximate surface area is 132 Å². The first kappa shape index (κ1) is 16.3. The molecule has 1 amide bonds. The number of hydrogen-bond donors (Lipinski definition) is 3. The van der Waals surface area contributed by atoms with E-state index in [1.165, 1.54) is 0 Å². The lowest BCUT2D eigenvalue weighted by Gasteiger charge is -2.27. The van der Waals surface area contributed by atoms with Crippen molar-refractivity contribution in [1.82, 2.24) is 5.32 Å². The predicted molar refractivity (Wildman–Crippen MR) is 82.3 cm³/mol. The lowest BCUT2D eigenvalue weighted by atomic mass is 10.0. The minimum atomic E-state index is -0.740. The number of phenolic OH excluding ortho intramolecular Hbond substituents is 1. The number of rotatable bonds is 3. The third-order valence-corrected chi connectivity index (χ3v) is 4.54. The van der Waals surface area contributed by atoms with E-state index >= 15 is 0 Å². The minimum Gasteiger partial charge on any atom is -0.506 e. The molecule has 2 rings (SSSR count). The number of para-hydroxylation sites is 1. The summed E-state index contributed by atoms with van der Waals surface area (Å²) in [5.41, 5.74) is 0.190. The molecule has 0 unspecified atom stereocenters. The highest BCUT2D eigenvalue weighted by Crippen LogP contribution is 2.28. The van der Waals surface area contributed by atoms with Crippen LogP contribution < -0.4 is 5.32 Å². The second-order valence-corrected chi connectivity index (χ2v) is 6.12. The van der Waals surface area contributed by atoms with E-state index in [1.807, 2.05) is 0 Å². The van der Waals surface area contributed by atoms with Crippen LogP contribution in [0.15, 0.2) is 22.7 Å². The van der Waals surface area contributed by atoms with Crippen LogP contribution in [0.3, 0.4) is 0 Å². The number of benzene rings is 1. The Hall–Kier alpha value is -1.11. The van der Waals surface area contributed by atoms with Crippen molar-refractivity contribution >= 4 is 21.8 Å². The van der Waals surface area contributed by atoms with Crippen LogP contribution in [0, 0.1) is 0 Å². The molecule has 0 radical (unpaired) electrons. The summed E-state index contributed by atoms with van der Waals surface area (Å²) >= 11 is 3.19. The highest BCUT2D eigenvalue weighted by Gasteiger charge is 2.31. The number of phenols is 1. The molecule has 0 bridgehead atoms. The lowest BCUT2D eigenvalue weighted by molar-refractivity contribution is -0.0277. The van der Waals surface area contributed by atoms with Gasteiger partial charge >= 0.3 is 0 Å². The van der Waals surface area contributed by atoms with Crippen molar-refractivity contribution < 1.29 is 19.7 Å². The summed E-state index contributed by atoms with van der Waals surface area (Å²) in [4.78, 5) is 12.3. The molecule has 1 fully saturated rings. The van der Waals surface area contributed by atoms with E-state index in [0.717, 1.165) is 19.3 Å². The summed E-state index contributed by atoms with van der Waals surface area (Å²) in [6.07, 6.45) is 2.36. The van der Waals surface area contributed by atoms with Crippen molar-refractivity contribution in [3.05, 3.63) is 28.2 Å². The maximum atomic E-state index is 12.3. The molecule has 3 N–H and O–H groups in total. The first-order valence-electron chi connectivity index (χ1n) is 7.03. The van der Waals surface area contributed by atoms with E-state index in [1.54, 1.807) is 25.3 Å². The average Bonchev–Trinajstić information content (AvgIpc) is 2.64. The maximum absolute atomic E-state index is 12.3. The zero-order valence-electron chi connectivity index (χ0n) is 11.9. The Morgan fingerprint density at radius 1 is 1.38 bits per heavy atom. The fourth-order valence-electron chi connectivity index (χ4n) is 2.67. The molecule has 1 aliphatic carbocycles. The van der Waals surface area contributed by atoms with Crippen LogP contribution in [0.25, 0.3) is 0 Å². The van der Waals surface area contributed by atoms with Gasteiger partial charge in [0.1, 0.15) is 11.9 Å². The van der Waals surface area contributed by atoms with Crippen molar-refractivity contribution in [1.29, 1.82) is 0 Å². The van der Waals surface area contributed by atoms with Crippen LogP contribution in [0.5, 0.6) is 5.75 Å². The summed E-state index contributed by atoms with van der Waals surface area (Å²) < 4.78 is 5.75. The topological polar surface area (TPSA) is 78.8 Å². The number of aromatic hydroxyl groups is 1. The molecule has 0 aromatic heterocycles. The van der Waals surface area contributed by atoms with Gasteiger partial charge in [0.15, 0.2) is 0 Å². The molecule has 1 aromatic rings. The summed E-state index contributed by atoms with van der Waals surface area (Å²) in [6, 6.07) is 4.52. The van der Waals surface area contributed by atoms with Gasteiger partial charge in [0.25, 0.3) is 5.91 Å². The normalized spacial score (nSPS) is 26.1. The number of methoxy groups -OCH3 is 1. The molecule has 1 aromatic carbocycles. The minimum absolute atomic E-state index is 0.0959. The Bertz CT molecular complexity index is 508. The van der Waals surface area contributed by atoms with Crippen molar-refractivity contribution in [2.24, 2.45) is 0 Å². The number of carbonyl (C=O) groups excluding carboxylic acids is 1. The van der Waals surface area contributed by atoms with E-state index in [9.17, 15) is 15.0 Å². The smallest absolute Gasteiger partial charge is 0.255 e. The molecule has 1 saturated carbocycles. The first-order chi connectivity index (χ1) is 10.0. The first-order valence-corrected chi connectivity index (χ1v) is 7.83. The predicted octanol–water partition coefficient (Wildman–Crippen LogP) is 2.20. The van der Waals surface area contributed by atoms with Crippen molar-refractivity contribution in [3.8, 4) is 5.75 Å². The number of hydrogen-bond acceptors (Lipinski definition) is 4. The van der Waals surface area contributed by atoms with E-state index < -0.39 is 12.0 Å². The molecule has 0 heterocycles. The number of amides is 1. The number of nitrogens with one attached hydrogen (secondary N) is 1. The van der Waals surface area contributed by atoms with Crippen molar-refractivity contribution in [2.45, 2.75) is 43.9 Å². The third kappa shape index (κ3) is 3.75. The lowest BCUT2D eigenvalue weighted by Crippen LogP contribution is -2.48. The standard InChI is InChI=1S/C15H20BrNO4/c1-21-12-8-3-2-7-11(14(12)19)17-15(20)9-5-4-6-10(16)13(9)18/h4-6,11-12,14,18-19H,2-3,7-8H2,1H3,(H,17,20)/t11-,12-,14-/m1/s1. The van der Waals surface area contributed by atoms with Crippen LogP contribution in [-0.2, 0) is 4.74 Å². The largest absolute Gasteiger partial charge is 0.506 e. The van der Waals surface area contributed by atoms with Gasteiger partial charge < -0.3 is 20.3 Å². The average molecular weight is 358 g/mol. The van der Waals surface area contributed by atoms with Crippen molar-refractivity contribution in [2.75, 3.05) is 7.11 Å². The van der Waals surface area contributed by atoms with Gasteiger partial charge in [-0.2, -0.15) is 0 Å². The van der Waals surface area contributed by atoms with Gasteiger partial charge in [-0.1, -0.05) is 18.9 Å². The van der Waals surface area contributed by atoms with Crippen LogP contribution in [0.1, 0.15) is 36.0 Å². The number of ether oxygens (including phenoxy) is 1. The SMILES string of the molecule is CO[C@@H]1CCCC[C@@H](NC(=O)c2cccc(Br)c2O)[C@H]1O. The number of aliphatic hydroxyl groups is 1. The highest BCUT2D eigenvalue weighted by molar-refractivity contribution is 9.10. The third-order valence-electron chi connectivity index (χ3n) is 3.90. The summed E-state index contributed by atoms with van der Waals surface area (Å²) in [7, 11) is 1.57. The molecular weight excluding hydrogens is 338 g/mol. The molecule has 6 heteroatoms. The molecule has 5 nitrogen and oxygen atoms in total. The van der Waals surface area contributed by atoms with Crippen LogP contribution >= 0.6 is 15.9 Å². The number of halogens is 1. The fourth-order valence-corrected chi connectivity index (χ4v) is 3.04. The van der Waals surface area contributed by atoms with E-state index in [4.69, 9.17) is 4.74 Å².